The van der Waals surface area contributed by atoms with Gasteiger partial charge in [0.05, 0.1) is 47.9 Å². The van der Waals surface area contributed by atoms with E-state index in [4.69, 9.17) is 9.47 Å². The third-order valence-corrected chi connectivity index (χ3v) is 7.16. The third-order valence-electron chi connectivity index (χ3n) is 5.40. The minimum Gasteiger partial charge on any atom is -0.503 e. The van der Waals surface area contributed by atoms with E-state index in [1.165, 1.54) is 18.9 Å². The van der Waals surface area contributed by atoms with E-state index in [9.17, 15) is 15.2 Å². The van der Waals surface area contributed by atoms with Gasteiger partial charge in [0.25, 0.3) is 0 Å². The Kier molecular flexibility index (Phi) is 6.03. The molecule has 2 heterocycles. The molecule has 0 spiro atoms. The molecule has 1 amide bonds. The summed E-state index contributed by atoms with van der Waals surface area (Å²) in [6, 6.07) is 13.4. The van der Waals surface area contributed by atoms with Crippen LogP contribution in [0.4, 0.5) is 5.69 Å². The Hall–Kier alpha value is -2.83. The largest absolute Gasteiger partial charge is 0.503 e. The summed E-state index contributed by atoms with van der Waals surface area (Å²) in [5.74, 6) is 1.23. The van der Waals surface area contributed by atoms with Gasteiger partial charge < -0.3 is 19.5 Å². The Balaban J connectivity index is 1.66. The topological polar surface area (TPSA) is 86.0 Å². The number of hydrogen-bond donors (Lipinski definition) is 1. The number of carbonyl (C=O) groups excluding carboxylic acids is 1. The van der Waals surface area contributed by atoms with Gasteiger partial charge >= 0.3 is 0 Å². The Morgan fingerprint density at radius 2 is 1.97 bits per heavy atom. The van der Waals surface area contributed by atoms with Crippen molar-refractivity contribution < 1.29 is 19.4 Å². The molecule has 9 heteroatoms. The Bertz CT molecular complexity index is 1100. The van der Waals surface area contributed by atoms with Crippen LogP contribution in [0.3, 0.4) is 0 Å². The summed E-state index contributed by atoms with van der Waals surface area (Å²) in [6.07, 6.45) is 0.170. The van der Waals surface area contributed by atoms with Crippen molar-refractivity contribution in [1.82, 2.24) is 4.90 Å². The lowest BCUT2D eigenvalue weighted by atomic mass is 9.86. The van der Waals surface area contributed by atoms with Gasteiger partial charge in [0, 0.05) is 18.0 Å². The van der Waals surface area contributed by atoms with Crippen molar-refractivity contribution in [2.24, 2.45) is 0 Å². The predicted molar refractivity (Wildman–Crippen MR) is 122 cm³/mol. The van der Waals surface area contributed by atoms with Gasteiger partial charge in [0.2, 0.25) is 5.91 Å². The van der Waals surface area contributed by atoms with Crippen molar-refractivity contribution in [2.45, 2.75) is 12.3 Å². The molecule has 0 radical (unpaired) electrons. The molecule has 0 aromatic heterocycles. The number of amides is 1. The molecule has 0 saturated carbocycles. The van der Waals surface area contributed by atoms with E-state index < -0.39 is 5.92 Å². The Morgan fingerprint density at radius 1 is 1.23 bits per heavy atom. The molecule has 1 fully saturated rings. The van der Waals surface area contributed by atoms with Gasteiger partial charge in [-0.3, -0.25) is 9.69 Å². The highest BCUT2D eigenvalue weighted by atomic mass is 79.9. The van der Waals surface area contributed by atoms with E-state index in [1.807, 2.05) is 24.3 Å². The van der Waals surface area contributed by atoms with E-state index in [-0.39, 0.29) is 18.1 Å². The molecule has 0 aliphatic carbocycles. The van der Waals surface area contributed by atoms with Crippen molar-refractivity contribution >= 4 is 39.3 Å². The molecule has 2 aromatic rings. The standard InChI is InChI=1S/C22H20BrN3O4S/c1-29-15-5-3-14(4-6-15)25-11-26-20(27)9-16(17(10-24)22(26)31-12-25)13-7-18(23)21(28)19(8-13)30-2/h3-8,16,28H,9,11-12H2,1-2H3. The number of nitriles is 1. The maximum absolute atomic E-state index is 13.1. The van der Waals surface area contributed by atoms with Crippen molar-refractivity contribution in [1.29, 1.82) is 5.26 Å². The average molecular weight is 502 g/mol. The van der Waals surface area contributed by atoms with E-state index in [0.717, 1.165) is 17.0 Å². The number of phenols is 1. The van der Waals surface area contributed by atoms with Gasteiger partial charge in [-0.2, -0.15) is 5.26 Å². The summed E-state index contributed by atoms with van der Waals surface area (Å²) in [5, 5.41) is 20.8. The normalized spacial score (nSPS) is 18.5. The van der Waals surface area contributed by atoms with Crippen molar-refractivity contribution in [3.05, 3.63) is 57.0 Å². The number of fused-ring (bicyclic) bond motifs is 1. The second-order valence-corrected chi connectivity index (χ2v) is 8.90. The lowest BCUT2D eigenvalue weighted by molar-refractivity contribution is -0.129. The number of rotatable bonds is 4. The van der Waals surface area contributed by atoms with Crippen LogP contribution in [-0.2, 0) is 4.79 Å². The summed E-state index contributed by atoms with van der Waals surface area (Å²) in [5.41, 5.74) is 2.28. The Morgan fingerprint density at radius 3 is 2.61 bits per heavy atom. The second-order valence-electron chi connectivity index (χ2n) is 7.12. The molecular weight excluding hydrogens is 482 g/mol. The van der Waals surface area contributed by atoms with Gasteiger partial charge in [-0.05, 0) is 57.9 Å². The smallest absolute Gasteiger partial charge is 0.229 e. The third kappa shape index (κ3) is 3.93. The molecule has 2 aromatic carbocycles. The monoisotopic (exact) mass is 501 g/mol. The zero-order chi connectivity index (χ0) is 22.1. The minimum atomic E-state index is -0.394. The van der Waals surface area contributed by atoms with Crippen molar-refractivity contribution in [3.63, 3.8) is 0 Å². The first-order valence-electron chi connectivity index (χ1n) is 9.49. The van der Waals surface area contributed by atoms with Crippen LogP contribution in [0.5, 0.6) is 17.2 Å². The van der Waals surface area contributed by atoms with Crippen molar-refractivity contribution in [3.8, 4) is 23.3 Å². The first-order chi connectivity index (χ1) is 15.0. The molecular formula is C22H20BrN3O4S. The first kappa shape index (κ1) is 21.4. The van der Waals surface area contributed by atoms with Crippen LogP contribution in [0.15, 0.2) is 51.5 Å². The molecule has 31 heavy (non-hydrogen) atoms. The lowest BCUT2D eigenvalue weighted by Crippen LogP contribution is -2.47. The minimum absolute atomic E-state index is 0.0108. The average Bonchev–Trinajstić information content (AvgIpc) is 2.80. The molecule has 2 aliphatic rings. The quantitative estimate of drug-likeness (QED) is 0.664. The zero-order valence-electron chi connectivity index (χ0n) is 17.0. The number of halogens is 1. The number of aromatic hydroxyl groups is 1. The zero-order valence-corrected chi connectivity index (χ0v) is 19.4. The van der Waals surface area contributed by atoms with Gasteiger partial charge in [-0.25, -0.2) is 0 Å². The highest BCUT2D eigenvalue weighted by Gasteiger charge is 2.38. The number of anilines is 1. The number of methoxy groups -OCH3 is 2. The van der Waals surface area contributed by atoms with E-state index in [1.54, 1.807) is 24.1 Å². The molecule has 2 aliphatic heterocycles. The van der Waals surface area contributed by atoms with Crippen LogP contribution < -0.4 is 14.4 Å². The fraction of sp³-hybridized carbons (Fsp3) is 0.273. The highest BCUT2D eigenvalue weighted by molar-refractivity contribution is 9.10. The summed E-state index contributed by atoms with van der Waals surface area (Å²) >= 11 is 4.81. The number of ether oxygens (including phenoxy) is 2. The summed E-state index contributed by atoms with van der Waals surface area (Å²) in [7, 11) is 3.09. The molecule has 4 rings (SSSR count). The predicted octanol–water partition coefficient (Wildman–Crippen LogP) is 4.39. The van der Waals surface area contributed by atoms with Gasteiger partial charge in [0.15, 0.2) is 11.5 Å². The van der Waals surface area contributed by atoms with E-state index in [2.05, 4.69) is 26.9 Å². The summed E-state index contributed by atoms with van der Waals surface area (Å²) in [4.78, 5) is 16.9. The fourth-order valence-corrected chi connectivity index (χ4v) is 5.38. The number of hydrogen-bond acceptors (Lipinski definition) is 7. The number of allylic oxidation sites excluding steroid dienone is 1. The summed E-state index contributed by atoms with van der Waals surface area (Å²) < 4.78 is 10.9. The van der Waals surface area contributed by atoms with Gasteiger partial charge in [-0.15, -0.1) is 0 Å². The summed E-state index contributed by atoms with van der Waals surface area (Å²) in [6.45, 7) is 0.383. The van der Waals surface area contributed by atoms with Crippen LogP contribution in [0.25, 0.3) is 0 Å². The molecule has 0 bridgehead atoms. The van der Waals surface area contributed by atoms with Crippen LogP contribution in [-0.4, -0.2) is 42.7 Å². The number of nitrogens with zero attached hydrogens (tertiary/aromatic N) is 3. The van der Waals surface area contributed by atoms with Crippen LogP contribution in [0.1, 0.15) is 17.9 Å². The number of phenolic OH excluding ortho intramolecular Hbond substituents is 1. The van der Waals surface area contributed by atoms with Crippen molar-refractivity contribution in [2.75, 3.05) is 31.7 Å². The first-order valence-corrected chi connectivity index (χ1v) is 11.3. The molecule has 7 nitrogen and oxygen atoms in total. The van der Waals surface area contributed by atoms with Crippen LogP contribution in [0, 0.1) is 11.3 Å². The lowest BCUT2D eigenvalue weighted by Gasteiger charge is -2.42. The molecule has 1 atom stereocenters. The number of thioether (sulfide) groups is 1. The SMILES string of the molecule is COc1ccc(N2CSC3=C(C#N)C(c4cc(Br)c(O)c(OC)c4)CC(=O)N3C2)cc1. The van der Waals surface area contributed by atoms with Gasteiger partial charge in [0.1, 0.15) is 5.75 Å². The highest BCUT2D eigenvalue weighted by Crippen LogP contribution is 2.46. The maximum Gasteiger partial charge on any atom is 0.229 e. The Labute approximate surface area is 193 Å². The van der Waals surface area contributed by atoms with Gasteiger partial charge in [-0.1, -0.05) is 11.8 Å². The molecule has 1 N–H and O–H groups in total. The molecule has 1 unspecified atom stereocenters. The fourth-order valence-electron chi connectivity index (χ4n) is 3.75. The van der Waals surface area contributed by atoms with E-state index >= 15 is 0 Å². The number of benzene rings is 2. The molecule has 160 valence electrons. The molecule has 1 saturated heterocycles. The van der Waals surface area contributed by atoms with E-state index in [0.29, 0.717) is 33.4 Å². The second kappa shape index (κ2) is 8.73. The number of carbonyl (C=O) groups is 1. The van der Waals surface area contributed by atoms with Crippen LogP contribution >= 0.6 is 27.7 Å². The van der Waals surface area contributed by atoms with Crippen LogP contribution in [0.2, 0.25) is 0 Å². The maximum atomic E-state index is 13.1.